The fourth-order valence-corrected chi connectivity index (χ4v) is 3.24. The highest BCUT2D eigenvalue weighted by Crippen LogP contribution is 2.33. The standard InChI is InChI=1S/C17H20F3N/c18-17(19,20)15-8-6-13(7-9-15)12-14-4-1-2-5-16(14)21-10-3-11-21/h6-9,12,16H,1-5,10-11H2/b14-12-. The van der Waals surface area contributed by atoms with Crippen LogP contribution in [0.25, 0.3) is 6.08 Å². The monoisotopic (exact) mass is 295 g/mol. The maximum absolute atomic E-state index is 12.6. The van der Waals surface area contributed by atoms with Crippen molar-refractivity contribution in [1.82, 2.24) is 4.90 Å². The number of benzene rings is 1. The highest BCUT2D eigenvalue weighted by molar-refractivity contribution is 5.55. The maximum atomic E-state index is 12.6. The molecule has 0 N–H and O–H groups in total. The molecule has 1 nitrogen and oxygen atoms in total. The second kappa shape index (κ2) is 5.84. The summed E-state index contributed by atoms with van der Waals surface area (Å²) in [6.45, 7) is 2.32. The Hall–Kier alpha value is -1.29. The quantitative estimate of drug-likeness (QED) is 0.762. The van der Waals surface area contributed by atoms with E-state index in [2.05, 4.69) is 11.0 Å². The summed E-state index contributed by atoms with van der Waals surface area (Å²) in [4.78, 5) is 2.50. The summed E-state index contributed by atoms with van der Waals surface area (Å²) in [5.41, 5.74) is 1.69. The summed E-state index contributed by atoms with van der Waals surface area (Å²) in [6.07, 6.45) is 3.82. The maximum Gasteiger partial charge on any atom is 0.416 e. The van der Waals surface area contributed by atoms with Crippen molar-refractivity contribution in [2.24, 2.45) is 0 Å². The Labute approximate surface area is 123 Å². The van der Waals surface area contributed by atoms with Crippen molar-refractivity contribution < 1.29 is 13.2 Å². The molecule has 1 aliphatic carbocycles. The first kappa shape index (κ1) is 14.6. The first-order chi connectivity index (χ1) is 10.0. The van der Waals surface area contributed by atoms with Crippen LogP contribution in [0, 0.1) is 0 Å². The van der Waals surface area contributed by atoms with Crippen LogP contribution in [0.1, 0.15) is 43.2 Å². The number of likely N-dealkylation sites (tertiary alicyclic amines) is 1. The Morgan fingerprint density at radius 1 is 1.00 bits per heavy atom. The second-order valence-corrected chi connectivity index (χ2v) is 5.99. The zero-order valence-corrected chi connectivity index (χ0v) is 12.0. The van der Waals surface area contributed by atoms with Gasteiger partial charge in [-0.3, -0.25) is 4.90 Å². The molecule has 1 atom stereocenters. The van der Waals surface area contributed by atoms with Crippen LogP contribution in [0.2, 0.25) is 0 Å². The van der Waals surface area contributed by atoms with Crippen molar-refractivity contribution in [3.63, 3.8) is 0 Å². The molecule has 0 bridgehead atoms. The van der Waals surface area contributed by atoms with E-state index in [-0.39, 0.29) is 0 Å². The van der Waals surface area contributed by atoms with Gasteiger partial charge in [-0.25, -0.2) is 0 Å². The molecule has 0 amide bonds. The van der Waals surface area contributed by atoms with Crippen molar-refractivity contribution in [3.8, 4) is 0 Å². The van der Waals surface area contributed by atoms with E-state index in [1.807, 2.05) is 0 Å². The van der Waals surface area contributed by atoms with Gasteiger partial charge < -0.3 is 0 Å². The third-order valence-corrected chi connectivity index (χ3v) is 4.54. The molecule has 21 heavy (non-hydrogen) atoms. The minimum Gasteiger partial charge on any atom is -0.297 e. The molecule has 2 fully saturated rings. The van der Waals surface area contributed by atoms with E-state index in [9.17, 15) is 13.2 Å². The van der Waals surface area contributed by atoms with Gasteiger partial charge in [0.15, 0.2) is 0 Å². The number of nitrogens with zero attached hydrogens (tertiary/aromatic N) is 1. The van der Waals surface area contributed by atoms with Gasteiger partial charge in [-0.05, 0) is 56.5 Å². The predicted molar refractivity (Wildman–Crippen MR) is 77.9 cm³/mol. The number of hydrogen-bond donors (Lipinski definition) is 0. The van der Waals surface area contributed by atoms with E-state index in [0.717, 1.165) is 25.1 Å². The molecule has 114 valence electrons. The lowest BCUT2D eigenvalue weighted by atomic mass is 9.86. The average Bonchev–Trinajstić information content (AvgIpc) is 2.39. The first-order valence-corrected chi connectivity index (χ1v) is 7.66. The van der Waals surface area contributed by atoms with Crippen molar-refractivity contribution in [1.29, 1.82) is 0 Å². The summed E-state index contributed by atoms with van der Waals surface area (Å²) < 4.78 is 37.7. The van der Waals surface area contributed by atoms with Crippen LogP contribution in [-0.2, 0) is 6.18 Å². The Bertz CT molecular complexity index is 512. The molecule has 0 radical (unpaired) electrons. The Balaban J connectivity index is 1.78. The number of hydrogen-bond acceptors (Lipinski definition) is 1. The fourth-order valence-electron chi connectivity index (χ4n) is 3.24. The number of alkyl halides is 3. The summed E-state index contributed by atoms with van der Waals surface area (Å²) in [5, 5.41) is 0. The SMILES string of the molecule is FC(F)(F)c1ccc(/C=C2/CCCCC2N2CCC2)cc1. The molecular formula is C17H20F3N. The predicted octanol–water partition coefficient (Wildman–Crippen LogP) is 4.74. The van der Waals surface area contributed by atoms with Gasteiger partial charge in [0.1, 0.15) is 0 Å². The van der Waals surface area contributed by atoms with E-state index in [1.165, 1.54) is 43.4 Å². The Kier molecular flexibility index (Phi) is 4.07. The Morgan fingerprint density at radius 3 is 2.29 bits per heavy atom. The van der Waals surface area contributed by atoms with Gasteiger partial charge in [0, 0.05) is 6.04 Å². The minimum absolute atomic E-state index is 0.509. The molecular weight excluding hydrogens is 275 g/mol. The third-order valence-electron chi connectivity index (χ3n) is 4.54. The van der Waals surface area contributed by atoms with Gasteiger partial charge in [0.2, 0.25) is 0 Å². The average molecular weight is 295 g/mol. The summed E-state index contributed by atoms with van der Waals surface area (Å²) in [5.74, 6) is 0. The Morgan fingerprint density at radius 2 is 1.71 bits per heavy atom. The normalized spacial score (nSPS) is 25.9. The van der Waals surface area contributed by atoms with Crippen LogP contribution in [0.4, 0.5) is 13.2 Å². The lowest BCUT2D eigenvalue weighted by Crippen LogP contribution is -2.46. The molecule has 4 heteroatoms. The third kappa shape index (κ3) is 3.31. The van der Waals surface area contributed by atoms with Crippen molar-refractivity contribution in [2.75, 3.05) is 13.1 Å². The lowest BCUT2D eigenvalue weighted by Gasteiger charge is -2.42. The number of halogens is 3. The highest BCUT2D eigenvalue weighted by Gasteiger charge is 2.30. The fraction of sp³-hybridized carbons (Fsp3) is 0.529. The van der Waals surface area contributed by atoms with Crippen LogP contribution in [0.3, 0.4) is 0 Å². The van der Waals surface area contributed by atoms with E-state index >= 15 is 0 Å². The zero-order valence-electron chi connectivity index (χ0n) is 12.0. The number of rotatable bonds is 2. The molecule has 0 spiro atoms. The van der Waals surface area contributed by atoms with Crippen molar-refractivity contribution in [3.05, 3.63) is 41.0 Å². The van der Waals surface area contributed by atoms with E-state index in [0.29, 0.717) is 6.04 Å². The van der Waals surface area contributed by atoms with Crippen molar-refractivity contribution in [2.45, 2.75) is 44.3 Å². The summed E-state index contributed by atoms with van der Waals surface area (Å²) in [7, 11) is 0. The lowest BCUT2D eigenvalue weighted by molar-refractivity contribution is -0.137. The van der Waals surface area contributed by atoms with E-state index in [1.54, 1.807) is 12.1 Å². The smallest absolute Gasteiger partial charge is 0.297 e. The molecule has 1 aliphatic heterocycles. The molecule has 0 aromatic heterocycles. The second-order valence-electron chi connectivity index (χ2n) is 5.99. The molecule has 1 aromatic rings. The summed E-state index contributed by atoms with van der Waals surface area (Å²) in [6, 6.07) is 6.02. The van der Waals surface area contributed by atoms with Crippen LogP contribution >= 0.6 is 0 Å². The van der Waals surface area contributed by atoms with Crippen molar-refractivity contribution >= 4 is 6.08 Å². The topological polar surface area (TPSA) is 3.24 Å². The van der Waals surface area contributed by atoms with Gasteiger partial charge in [-0.1, -0.05) is 30.2 Å². The van der Waals surface area contributed by atoms with Gasteiger partial charge >= 0.3 is 6.18 Å². The molecule has 3 rings (SSSR count). The largest absolute Gasteiger partial charge is 0.416 e. The molecule has 1 heterocycles. The van der Waals surface area contributed by atoms with Gasteiger partial charge in [-0.15, -0.1) is 0 Å². The van der Waals surface area contributed by atoms with Gasteiger partial charge in [-0.2, -0.15) is 13.2 Å². The molecule has 2 aliphatic rings. The van der Waals surface area contributed by atoms with Crippen LogP contribution in [-0.4, -0.2) is 24.0 Å². The van der Waals surface area contributed by atoms with E-state index < -0.39 is 11.7 Å². The highest BCUT2D eigenvalue weighted by atomic mass is 19.4. The molecule has 1 aromatic carbocycles. The van der Waals surface area contributed by atoms with Crippen LogP contribution in [0.5, 0.6) is 0 Å². The molecule has 1 saturated heterocycles. The zero-order chi connectivity index (χ0) is 14.9. The molecule has 1 saturated carbocycles. The van der Waals surface area contributed by atoms with E-state index in [4.69, 9.17) is 0 Å². The van der Waals surface area contributed by atoms with Crippen LogP contribution in [0.15, 0.2) is 29.8 Å². The van der Waals surface area contributed by atoms with Gasteiger partial charge in [0.05, 0.1) is 5.56 Å². The first-order valence-electron chi connectivity index (χ1n) is 7.66. The van der Waals surface area contributed by atoms with Gasteiger partial charge in [0.25, 0.3) is 0 Å². The minimum atomic E-state index is -4.25. The summed E-state index contributed by atoms with van der Waals surface area (Å²) >= 11 is 0. The van der Waals surface area contributed by atoms with Crippen LogP contribution < -0.4 is 0 Å². The molecule has 1 unspecified atom stereocenters.